The highest BCUT2D eigenvalue weighted by Gasteiger charge is 2.09. The Kier molecular flexibility index (Phi) is 3.95. The van der Waals surface area contributed by atoms with Crippen molar-refractivity contribution in [3.8, 4) is 5.75 Å². The van der Waals surface area contributed by atoms with E-state index in [1.807, 2.05) is 6.92 Å². The van der Waals surface area contributed by atoms with Crippen LogP contribution in [0, 0.1) is 5.82 Å². The molecule has 0 heterocycles. The summed E-state index contributed by atoms with van der Waals surface area (Å²) in [6.45, 7) is 2.33. The third kappa shape index (κ3) is 2.26. The predicted octanol–water partition coefficient (Wildman–Crippen LogP) is 2.76. The molecule has 76 valence electrons. The highest BCUT2D eigenvalue weighted by Crippen LogP contribution is 2.27. The Hall–Kier alpha value is -1.03. The van der Waals surface area contributed by atoms with Gasteiger partial charge in [0.05, 0.1) is 12.2 Å². The van der Waals surface area contributed by atoms with Gasteiger partial charge in [-0.2, -0.15) is 0 Å². The number of carbonyl (C=O) groups is 1. The molecule has 0 saturated carbocycles. The number of rotatable bonds is 4. The monoisotopic (exact) mass is 214 g/mol. The Morgan fingerprint density at radius 3 is 2.79 bits per heavy atom. The van der Waals surface area contributed by atoms with Crippen LogP contribution in [0.15, 0.2) is 17.0 Å². The zero-order chi connectivity index (χ0) is 10.6. The smallest absolute Gasteiger partial charge is 0.153 e. The van der Waals surface area contributed by atoms with Crippen LogP contribution in [0.2, 0.25) is 0 Å². The van der Waals surface area contributed by atoms with Crippen LogP contribution in [0.5, 0.6) is 5.75 Å². The van der Waals surface area contributed by atoms with Gasteiger partial charge in [0.15, 0.2) is 6.29 Å². The molecule has 0 radical (unpaired) electrons. The summed E-state index contributed by atoms with van der Waals surface area (Å²) in [5.41, 5.74) is 0.0419. The highest BCUT2D eigenvalue weighted by molar-refractivity contribution is 7.98. The molecule has 4 heteroatoms. The molecule has 0 bridgehead atoms. The standard InChI is InChI=1S/C10H11FO2S/c1-3-13-8-4-7(6-12)10(11)9(5-8)14-2/h4-6H,3H2,1-2H3. The molecule has 0 aromatic heterocycles. The van der Waals surface area contributed by atoms with Crippen LogP contribution in [0.4, 0.5) is 4.39 Å². The van der Waals surface area contributed by atoms with Gasteiger partial charge >= 0.3 is 0 Å². The van der Waals surface area contributed by atoms with Gasteiger partial charge in [-0.3, -0.25) is 4.79 Å². The molecular weight excluding hydrogens is 203 g/mol. The van der Waals surface area contributed by atoms with E-state index in [9.17, 15) is 9.18 Å². The number of ether oxygens (including phenoxy) is 1. The Balaban J connectivity index is 3.17. The second kappa shape index (κ2) is 5.00. The number of halogens is 1. The lowest BCUT2D eigenvalue weighted by atomic mass is 10.2. The largest absolute Gasteiger partial charge is 0.494 e. The van der Waals surface area contributed by atoms with Gasteiger partial charge in [0.1, 0.15) is 11.6 Å². The maximum Gasteiger partial charge on any atom is 0.153 e. The fourth-order valence-electron chi connectivity index (χ4n) is 1.08. The van der Waals surface area contributed by atoms with Gasteiger partial charge in [-0.1, -0.05) is 0 Å². The van der Waals surface area contributed by atoms with Gasteiger partial charge < -0.3 is 4.74 Å². The van der Waals surface area contributed by atoms with Crippen LogP contribution in [-0.2, 0) is 0 Å². The van der Waals surface area contributed by atoms with Gasteiger partial charge in [-0.25, -0.2) is 4.39 Å². The molecule has 0 saturated heterocycles. The van der Waals surface area contributed by atoms with E-state index in [2.05, 4.69) is 0 Å². The molecule has 0 spiro atoms. The fourth-order valence-corrected chi connectivity index (χ4v) is 1.61. The molecule has 0 aliphatic heterocycles. The van der Waals surface area contributed by atoms with E-state index in [1.165, 1.54) is 17.8 Å². The van der Waals surface area contributed by atoms with E-state index < -0.39 is 5.82 Å². The summed E-state index contributed by atoms with van der Waals surface area (Å²) < 4.78 is 18.6. The van der Waals surface area contributed by atoms with E-state index >= 15 is 0 Å². The Bertz CT molecular complexity index is 339. The van der Waals surface area contributed by atoms with Crippen LogP contribution in [0.3, 0.4) is 0 Å². The van der Waals surface area contributed by atoms with E-state index in [0.29, 0.717) is 23.5 Å². The van der Waals surface area contributed by atoms with Crippen molar-refractivity contribution in [3.05, 3.63) is 23.5 Å². The third-order valence-electron chi connectivity index (χ3n) is 1.70. The molecule has 0 fully saturated rings. The summed E-state index contributed by atoms with van der Waals surface area (Å²) in [5.74, 6) is 0.0521. The second-order valence-corrected chi connectivity index (χ2v) is 3.43. The number of benzene rings is 1. The average molecular weight is 214 g/mol. The molecule has 0 aliphatic carbocycles. The number of thioether (sulfide) groups is 1. The summed E-state index contributed by atoms with van der Waals surface area (Å²) in [6, 6.07) is 3.00. The second-order valence-electron chi connectivity index (χ2n) is 2.58. The van der Waals surface area contributed by atoms with Crippen molar-refractivity contribution in [2.24, 2.45) is 0 Å². The molecule has 14 heavy (non-hydrogen) atoms. The summed E-state index contributed by atoms with van der Waals surface area (Å²) in [6.07, 6.45) is 2.25. The third-order valence-corrected chi connectivity index (χ3v) is 2.44. The summed E-state index contributed by atoms with van der Waals surface area (Å²) in [5, 5.41) is 0. The minimum absolute atomic E-state index is 0.0419. The first-order chi connectivity index (χ1) is 6.72. The summed E-state index contributed by atoms with van der Waals surface area (Å²) in [7, 11) is 0. The van der Waals surface area contributed by atoms with Crippen molar-refractivity contribution in [3.63, 3.8) is 0 Å². The minimum atomic E-state index is -0.476. The number of hydrogen-bond acceptors (Lipinski definition) is 3. The van der Waals surface area contributed by atoms with Crippen LogP contribution in [0.25, 0.3) is 0 Å². The van der Waals surface area contributed by atoms with Crippen LogP contribution < -0.4 is 4.74 Å². The van der Waals surface area contributed by atoms with Gasteiger partial charge in [0.2, 0.25) is 0 Å². The normalized spacial score (nSPS) is 9.93. The molecular formula is C10H11FO2S. The van der Waals surface area contributed by atoms with Gasteiger partial charge in [-0.15, -0.1) is 11.8 Å². The lowest BCUT2D eigenvalue weighted by Gasteiger charge is -2.07. The van der Waals surface area contributed by atoms with E-state index in [0.717, 1.165) is 0 Å². The van der Waals surface area contributed by atoms with E-state index in [-0.39, 0.29) is 5.56 Å². The van der Waals surface area contributed by atoms with Crippen LogP contribution >= 0.6 is 11.8 Å². The highest BCUT2D eigenvalue weighted by atomic mass is 32.2. The van der Waals surface area contributed by atoms with Crippen molar-refractivity contribution in [2.45, 2.75) is 11.8 Å². The first kappa shape index (κ1) is 11.0. The molecule has 0 N–H and O–H groups in total. The first-order valence-electron chi connectivity index (χ1n) is 4.18. The van der Waals surface area contributed by atoms with Gasteiger partial charge in [-0.05, 0) is 25.3 Å². The molecule has 1 aromatic carbocycles. The number of aldehydes is 1. The quantitative estimate of drug-likeness (QED) is 0.569. The minimum Gasteiger partial charge on any atom is -0.494 e. The fraction of sp³-hybridized carbons (Fsp3) is 0.300. The lowest BCUT2D eigenvalue weighted by molar-refractivity contribution is 0.111. The molecule has 0 aliphatic rings. The van der Waals surface area contributed by atoms with Crippen LogP contribution in [-0.4, -0.2) is 19.1 Å². The number of carbonyl (C=O) groups excluding carboxylic acids is 1. The number of hydrogen-bond donors (Lipinski definition) is 0. The molecule has 0 amide bonds. The average Bonchev–Trinajstić information content (AvgIpc) is 2.20. The molecule has 1 rings (SSSR count). The topological polar surface area (TPSA) is 26.3 Å². The predicted molar refractivity (Wildman–Crippen MR) is 54.7 cm³/mol. The maximum absolute atomic E-state index is 13.4. The van der Waals surface area contributed by atoms with Crippen molar-refractivity contribution in [1.82, 2.24) is 0 Å². The Morgan fingerprint density at radius 1 is 1.57 bits per heavy atom. The summed E-state index contributed by atoms with van der Waals surface area (Å²) >= 11 is 1.25. The Morgan fingerprint density at radius 2 is 2.29 bits per heavy atom. The van der Waals surface area contributed by atoms with E-state index in [4.69, 9.17) is 4.74 Å². The van der Waals surface area contributed by atoms with Crippen molar-refractivity contribution < 1.29 is 13.9 Å². The zero-order valence-corrected chi connectivity index (χ0v) is 8.86. The molecule has 0 unspecified atom stereocenters. The lowest BCUT2D eigenvalue weighted by Crippen LogP contribution is -1.96. The van der Waals surface area contributed by atoms with Crippen molar-refractivity contribution in [1.29, 1.82) is 0 Å². The Labute approximate surface area is 86.5 Å². The molecule has 2 nitrogen and oxygen atoms in total. The van der Waals surface area contributed by atoms with Gasteiger partial charge in [0.25, 0.3) is 0 Å². The molecule has 0 atom stereocenters. The summed E-state index contributed by atoms with van der Waals surface area (Å²) in [4.78, 5) is 11.0. The van der Waals surface area contributed by atoms with Crippen LogP contribution in [0.1, 0.15) is 17.3 Å². The van der Waals surface area contributed by atoms with Crippen molar-refractivity contribution in [2.75, 3.05) is 12.9 Å². The SMILES string of the molecule is CCOc1cc(C=O)c(F)c(SC)c1. The first-order valence-corrected chi connectivity index (χ1v) is 5.41. The maximum atomic E-state index is 13.4. The van der Waals surface area contributed by atoms with Gasteiger partial charge in [0, 0.05) is 4.90 Å². The van der Waals surface area contributed by atoms with Crippen molar-refractivity contribution >= 4 is 18.0 Å². The van der Waals surface area contributed by atoms with E-state index in [1.54, 1.807) is 12.3 Å². The zero-order valence-electron chi connectivity index (χ0n) is 8.04. The molecule has 1 aromatic rings.